The van der Waals surface area contributed by atoms with Crippen LogP contribution >= 0.6 is 0 Å². The third-order valence-electron chi connectivity index (χ3n) is 5.24. The summed E-state index contributed by atoms with van der Waals surface area (Å²) in [6, 6.07) is 3.93. The number of nitrogens with two attached hydrogens (primary N) is 1. The number of primary amides is 1. The number of nitrogens with zero attached hydrogens (tertiary/aromatic N) is 3. The Balaban J connectivity index is 1.56. The highest BCUT2D eigenvalue weighted by Gasteiger charge is 2.35. The van der Waals surface area contributed by atoms with Crippen LogP contribution < -0.4 is 16.0 Å². The topological polar surface area (TPSA) is 91.6 Å². The molecule has 26 heavy (non-hydrogen) atoms. The molecule has 3 rings (SSSR count). The van der Waals surface area contributed by atoms with Gasteiger partial charge in [-0.3, -0.25) is 14.5 Å². The number of pyridine rings is 1. The molecule has 1 aromatic heterocycles. The zero-order chi connectivity index (χ0) is 18.5. The molecule has 138 valence electrons. The van der Waals surface area contributed by atoms with Crippen LogP contribution in [0, 0.1) is 12.3 Å². The van der Waals surface area contributed by atoms with Gasteiger partial charge in [-0.25, -0.2) is 4.98 Å². The third kappa shape index (κ3) is 3.97. The maximum atomic E-state index is 11.9. The summed E-state index contributed by atoms with van der Waals surface area (Å²) in [6.07, 6.45) is 10.6. The van der Waals surface area contributed by atoms with Crippen molar-refractivity contribution in [3.63, 3.8) is 0 Å². The van der Waals surface area contributed by atoms with Gasteiger partial charge >= 0.3 is 0 Å². The molecular formula is C19H25N5O2. The van der Waals surface area contributed by atoms with E-state index >= 15 is 0 Å². The number of nitrogens with one attached hydrogen (secondary N) is 1. The van der Waals surface area contributed by atoms with Crippen molar-refractivity contribution < 1.29 is 9.59 Å². The molecule has 7 nitrogen and oxygen atoms in total. The van der Waals surface area contributed by atoms with Gasteiger partial charge in [-0.2, -0.15) is 0 Å². The van der Waals surface area contributed by atoms with Crippen molar-refractivity contribution in [3.8, 4) is 12.3 Å². The highest BCUT2D eigenvalue weighted by molar-refractivity contribution is 5.94. The van der Waals surface area contributed by atoms with Crippen molar-refractivity contribution in [2.75, 3.05) is 31.1 Å². The number of hydrogen-bond donors (Lipinski definition) is 2. The van der Waals surface area contributed by atoms with Crippen LogP contribution in [0.4, 0.5) is 5.82 Å². The molecule has 2 amide bonds. The summed E-state index contributed by atoms with van der Waals surface area (Å²) in [6.45, 7) is 2.92. The summed E-state index contributed by atoms with van der Waals surface area (Å²) >= 11 is 0. The third-order valence-corrected chi connectivity index (χ3v) is 5.24. The van der Waals surface area contributed by atoms with Crippen LogP contribution in [0.15, 0.2) is 18.3 Å². The van der Waals surface area contributed by atoms with Gasteiger partial charge in [-0.1, -0.05) is 5.92 Å². The Morgan fingerprint density at radius 3 is 2.65 bits per heavy atom. The van der Waals surface area contributed by atoms with Gasteiger partial charge in [0.15, 0.2) is 0 Å². The fraction of sp³-hybridized carbons (Fsp3) is 0.526. The fourth-order valence-electron chi connectivity index (χ4n) is 3.90. The molecule has 1 unspecified atom stereocenters. The van der Waals surface area contributed by atoms with Gasteiger partial charge in [-0.05, 0) is 44.4 Å². The summed E-state index contributed by atoms with van der Waals surface area (Å²) in [5.41, 5.74) is 6.04. The zero-order valence-corrected chi connectivity index (χ0v) is 14.9. The molecule has 0 bridgehead atoms. The first kappa shape index (κ1) is 18.2. The molecule has 2 aliphatic heterocycles. The van der Waals surface area contributed by atoms with E-state index in [-0.39, 0.29) is 24.4 Å². The quantitative estimate of drug-likeness (QED) is 0.745. The number of piperidine rings is 1. The molecule has 2 aliphatic rings. The number of aromatic nitrogens is 1. The smallest absolute Gasteiger partial charge is 0.253 e. The Morgan fingerprint density at radius 2 is 2.04 bits per heavy atom. The van der Waals surface area contributed by atoms with Crippen LogP contribution in [0.2, 0.25) is 0 Å². The highest BCUT2D eigenvalue weighted by atomic mass is 16.2. The molecule has 0 aliphatic carbocycles. The number of likely N-dealkylation sites (tertiary alicyclic amines) is 1. The second kappa shape index (κ2) is 8.19. The van der Waals surface area contributed by atoms with Gasteiger partial charge < -0.3 is 16.0 Å². The first-order valence-electron chi connectivity index (χ1n) is 9.08. The minimum atomic E-state index is -0.216. The first-order valence-corrected chi connectivity index (χ1v) is 9.08. The molecule has 0 aromatic carbocycles. The second-order valence-electron chi connectivity index (χ2n) is 6.81. The average molecular weight is 355 g/mol. The van der Waals surface area contributed by atoms with Crippen LogP contribution in [0.1, 0.15) is 36.0 Å². The standard InChI is InChI=1S/C19H25N5O2/c1-2-9-21-19(26)14-5-6-17(22-13-14)23-11-7-15(8-12-23)24-10-3-4-16(24)18(20)25/h1,5-6,13,15-16H,3-4,7-12H2,(H2,20,25)(H,21,26). The van der Waals surface area contributed by atoms with Gasteiger partial charge in [0.05, 0.1) is 18.2 Å². The zero-order valence-electron chi connectivity index (χ0n) is 14.9. The Labute approximate surface area is 153 Å². The molecule has 0 saturated carbocycles. The van der Waals surface area contributed by atoms with E-state index < -0.39 is 0 Å². The normalized spacial score (nSPS) is 21.3. The minimum absolute atomic E-state index is 0.106. The Kier molecular flexibility index (Phi) is 5.74. The number of terminal acetylenes is 1. The molecule has 3 N–H and O–H groups in total. The lowest BCUT2D eigenvalue weighted by Crippen LogP contribution is -2.50. The lowest BCUT2D eigenvalue weighted by molar-refractivity contribution is -0.123. The molecule has 2 saturated heterocycles. The largest absolute Gasteiger partial charge is 0.368 e. The molecule has 0 spiro atoms. The fourth-order valence-corrected chi connectivity index (χ4v) is 3.90. The van der Waals surface area contributed by atoms with Gasteiger partial charge in [0.1, 0.15) is 5.82 Å². The van der Waals surface area contributed by atoms with E-state index in [1.54, 1.807) is 12.3 Å². The van der Waals surface area contributed by atoms with E-state index in [4.69, 9.17) is 12.2 Å². The summed E-state index contributed by atoms with van der Waals surface area (Å²) in [5.74, 6) is 2.82. The van der Waals surface area contributed by atoms with E-state index in [1.165, 1.54) is 0 Å². The van der Waals surface area contributed by atoms with Crippen LogP contribution in [0.5, 0.6) is 0 Å². The molecule has 1 atom stereocenters. The molecule has 3 heterocycles. The van der Waals surface area contributed by atoms with Crippen LogP contribution in [0.3, 0.4) is 0 Å². The molecular weight excluding hydrogens is 330 g/mol. The van der Waals surface area contributed by atoms with Crippen molar-refractivity contribution in [1.29, 1.82) is 0 Å². The molecule has 7 heteroatoms. The van der Waals surface area contributed by atoms with E-state index in [0.29, 0.717) is 11.6 Å². The van der Waals surface area contributed by atoms with E-state index in [0.717, 1.165) is 51.1 Å². The van der Waals surface area contributed by atoms with Crippen molar-refractivity contribution in [3.05, 3.63) is 23.9 Å². The first-order chi connectivity index (χ1) is 12.6. The van der Waals surface area contributed by atoms with E-state index in [2.05, 4.69) is 26.0 Å². The van der Waals surface area contributed by atoms with Crippen LogP contribution in [0.25, 0.3) is 0 Å². The summed E-state index contributed by atoms with van der Waals surface area (Å²) < 4.78 is 0. The van der Waals surface area contributed by atoms with Gasteiger partial charge in [0.25, 0.3) is 5.91 Å². The summed E-state index contributed by atoms with van der Waals surface area (Å²) in [7, 11) is 0. The predicted molar refractivity (Wildman–Crippen MR) is 99.6 cm³/mol. The van der Waals surface area contributed by atoms with Crippen LogP contribution in [-0.2, 0) is 4.79 Å². The highest BCUT2D eigenvalue weighted by Crippen LogP contribution is 2.27. The van der Waals surface area contributed by atoms with Gasteiger partial charge in [0, 0.05) is 25.3 Å². The van der Waals surface area contributed by atoms with E-state index in [9.17, 15) is 9.59 Å². The number of hydrogen-bond acceptors (Lipinski definition) is 5. The van der Waals surface area contributed by atoms with Crippen molar-refractivity contribution >= 4 is 17.6 Å². The van der Waals surface area contributed by atoms with Crippen molar-refractivity contribution in [1.82, 2.24) is 15.2 Å². The monoisotopic (exact) mass is 355 g/mol. The molecule has 2 fully saturated rings. The Bertz CT molecular complexity index is 689. The van der Waals surface area contributed by atoms with Crippen molar-refractivity contribution in [2.24, 2.45) is 5.73 Å². The van der Waals surface area contributed by atoms with Crippen molar-refractivity contribution in [2.45, 2.75) is 37.8 Å². The van der Waals surface area contributed by atoms with Crippen LogP contribution in [-0.4, -0.2) is 60.0 Å². The molecule has 1 aromatic rings. The minimum Gasteiger partial charge on any atom is -0.368 e. The Morgan fingerprint density at radius 1 is 1.27 bits per heavy atom. The number of carbonyl (C=O) groups excluding carboxylic acids is 2. The lowest BCUT2D eigenvalue weighted by Gasteiger charge is -2.39. The second-order valence-corrected chi connectivity index (χ2v) is 6.81. The number of anilines is 1. The number of carbonyl (C=O) groups is 2. The average Bonchev–Trinajstić information content (AvgIpc) is 3.16. The van der Waals surface area contributed by atoms with Gasteiger partial charge in [-0.15, -0.1) is 6.42 Å². The lowest BCUT2D eigenvalue weighted by atomic mass is 10.0. The summed E-state index contributed by atoms with van der Waals surface area (Å²) in [4.78, 5) is 32.4. The summed E-state index contributed by atoms with van der Waals surface area (Å²) in [5, 5.41) is 2.63. The number of rotatable bonds is 5. The number of amides is 2. The molecule has 0 radical (unpaired) electrons. The maximum absolute atomic E-state index is 11.9. The maximum Gasteiger partial charge on any atom is 0.253 e. The van der Waals surface area contributed by atoms with Gasteiger partial charge in [0.2, 0.25) is 5.91 Å². The van der Waals surface area contributed by atoms with E-state index in [1.807, 2.05) is 6.07 Å². The SMILES string of the molecule is C#CCNC(=O)c1ccc(N2CCC(N3CCCC3C(N)=O)CC2)nc1. The predicted octanol–water partition coefficient (Wildman–Crippen LogP) is 0.363. The Hall–Kier alpha value is -2.59.